The summed E-state index contributed by atoms with van der Waals surface area (Å²) in [4.78, 5) is 29.8. The van der Waals surface area contributed by atoms with Gasteiger partial charge < -0.3 is 19.6 Å². The van der Waals surface area contributed by atoms with Gasteiger partial charge in [-0.1, -0.05) is 29.8 Å². The molecule has 1 atom stereocenters. The van der Waals surface area contributed by atoms with Crippen molar-refractivity contribution in [1.82, 2.24) is 9.80 Å². The fourth-order valence-electron chi connectivity index (χ4n) is 4.09. The topological polar surface area (TPSA) is 70.1 Å². The zero-order valence-electron chi connectivity index (χ0n) is 19.5. The SMILES string of the molecule is CCOc1cccc(C2/C(=C(\O)c3cc(C)ccc3C)C(=O)C(=O)N2CCCN(C)C)c1. The molecule has 6 nitrogen and oxygen atoms in total. The third kappa shape index (κ3) is 4.86. The first-order valence-corrected chi connectivity index (χ1v) is 11.0. The third-order valence-corrected chi connectivity index (χ3v) is 5.68. The highest BCUT2D eigenvalue weighted by Crippen LogP contribution is 2.40. The van der Waals surface area contributed by atoms with Gasteiger partial charge in [0.1, 0.15) is 11.5 Å². The van der Waals surface area contributed by atoms with Crippen molar-refractivity contribution in [3.8, 4) is 5.75 Å². The number of amides is 1. The fourth-order valence-corrected chi connectivity index (χ4v) is 4.09. The molecule has 2 aromatic carbocycles. The van der Waals surface area contributed by atoms with Gasteiger partial charge in [0.15, 0.2) is 0 Å². The van der Waals surface area contributed by atoms with E-state index in [1.54, 1.807) is 4.90 Å². The average Bonchev–Trinajstić information content (AvgIpc) is 3.00. The Bertz CT molecular complexity index is 1040. The van der Waals surface area contributed by atoms with Crippen molar-refractivity contribution in [2.45, 2.75) is 33.2 Å². The Kier molecular flexibility index (Phi) is 7.36. The number of aryl methyl sites for hydroxylation is 2. The molecule has 1 unspecified atom stereocenters. The molecule has 0 aliphatic carbocycles. The molecule has 1 aliphatic heterocycles. The van der Waals surface area contributed by atoms with Crippen LogP contribution in [0.3, 0.4) is 0 Å². The molecule has 170 valence electrons. The lowest BCUT2D eigenvalue weighted by Crippen LogP contribution is -2.32. The Morgan fingerprint density at radius 3 is 2.56 bits per heavy atom. The van der Waals surface area contributed by atoms with Gasteiger partial charge in [-0.3, -0.25) is 9.59 Å². The Morgan fingerprint density at radius 1 is 1.12 bits per heavy atom. The van der Waals surface area contributed by atoms with Gasteiger partial charge in [-0.15, -0.1) is 0 Å². The molecule has 1 N–H and O–H groups in total. The molecule has 0 spiro atoms. The van der Waals surface area contributed by atoms with Crippen molar-refractivity contribution in [1.29, 1.82) is 0 Å². The van der Waals surface area contributed by atoms with Crippen molar-refractivity contribution in [2.75, 3.05) is 33.8 Å². The van der Waals surface area contributed by atoms with Crippen molar-refractivity contribution in [3.63, 3.8) is 0 Å². The lowest BCUT2D eigenvalue weighted by molar-refractivity contribution is -0.139. The molecular formula is C26H32N2O4. The summed E-state index contributed by atoms with van der Waals surface area (Å²) in [6, 6.07) is 12.4. The number of carbonyl (C=O) groups is 2. The van der Waals surface area contributed by atoms with E-state index >= 15 is 0 Å². The molecule has 6 heteroatoms. The van der Waals surface area contributed by atoms with Crippen LogP contribution in [0.25, 0.3) is 5.76 Å². The summed E-state index contributed by atoms with van der Waals surface area (Å²) in [6.07, 6.45) is 0.713. The molecule has 1 amide bonds. The zero-order valence-corrected chi connectivity index (χ0v) is 19.5. The van der Waals surface area contributed by atoms with Gasteiger partial charge in [0, 0.05) is 12.1 Å². The number of nitrogens with zero attached hydrogens (tertiary/aromatic N) is 2. The van der Waals surface area contributed by atoms with Gasteiger partial charge in [-0.25, -0.2) is 0 Å². The maximum Gasteiger partial charge on any atom is 0.295 e. The molecule has 32 heavy (non-hydrogen) atoms. The normalized spacial score (nSPS) is 17.9. The Morgan fingerprint density at radius 2 is 1.88 bits per heavy atom. The molecule has 0 radical (unpaired) electrons. The number of hydrogen-bond acceptors (Lipinski definition) is 5. The number of rotatable bonds is 8. The first kappa shape index (κ1) is 23.5. The number of benzene rings is 2. The van der Waals surface area contributed by atoms with Crippen LogP contribution in [-0.4, -0.2) is 60.4 Å². The number of likely N-dealkylation sites (tertiary alicyclic amines) is 1. The summed E-state index contributed by atoms with van der Waals surface area (Å²) < 4.78 is 5.65. The van der Waals surface area contributed by atoms with Crippen molar-refractivity contribution in [3.05, 3.63) is 70.3 Å². The fraction of sp³-hybridized carbons (Fsp3) is 0.385. The standard InChI is InChI=1S/C26H32N2O4/c1-6-32-20-10-7-9-19(16-20)23-22(24(29)21-15-17(2)11-12-18(21)3)25(30)26(31)28(23)14-8-13-27(4)5/h7,9-12,15-16,23,29H,6,8,13-14H2,1-5H3/b24-22+. The van der Waals surface area contributed by atoms with Crippen LogP contribution in [0.4, 0.5) is 0 Å². The molecule has 3 rings (SSSR count). The highest BCUT2D eigenvalue weighted by atomic mass is 16.5. The second-order valence-corrected chi connectivity index (χ2v) is 8.47. The Balaban J connectivity index is 2.15. The summed E-state index contributed by atoms with van der Waals surface area (Å²) in [7, 11) is 3.94. The minimum atomic E-state index is -0.669. The molecule has 1 saturated heterocycles. The zero-order chi connectivity index (χ0) is 23.4. The highest BCUT2D eigenvalue weighted by molar-refractivity contribution is 6.46. The second-order valence-electron chi connectivity index (χ2n) is 8.47. The van der Waals surface area contributed by atoms with E-state index in [0.717, 1.165) is 23.2 Å². The number of aliphatic hydroxyl groups is 1. The van der Waals surface area contributed by atoms with Gasteiger partial charge in [0.05, 0.1) is 18.2 Å². The van der Waals surface area contributed by atoms with Crippen LogP contribution in [0.5, 0.6) is 5.75 Å². The Labute approximate surface area is 190 Å². The summed E-state index contributed by atoms with van der Waals surface area (Å²) in [5.41, 5.74) is 3.25. The number of ketones is 1. The second kappa shape index (κ2) is 10.0. The maximum atomic E-state index is 13.2. The van der Waals surface area contributed by atoms with Crippen molar-refractivity contribution >= 4 is 17.4 Å². The third-order valence-electron chi connectivity index (χ3n) is 5.68. The molecule has 1 heterocycles. The quantitative estimate of drug-likeness (QED) is 0.384. The molecule has 0 aromatic heterocycles. The summed E-state index contributed by atoms with van der Waals surface area (Å²) >= 11 is 0. The lowest BCUT2D eigenvalue weighted by Gasteiger charge is -2.26. The van der Waals surface area contributed by atoms with Crippen molar-refractivity contribution in [2.24, 2.45) is 0 Å². The van der Waals surface area contributed by atoms with Crippen LogP contribution in [-0.2, 0) is 9.59 Å². The number of carbonyl (C=O) groups excluding carboxylic acids is 2. The average molecular weight is 437 g/mol. The number of hydrogen-bond donors (Lipinski definition) is 1. The number of ether oxygens (including phenoxy) is 1. The maximum absolute atomic E-state index is 13.2. The van der Waals surface area contributed by atoms with E-state index in [2.05, 4.69) is 0 Å². The van der Waals surface area contributed by atoms with E-state index < -0.39 is 17.7 Å². The molecule has 1 aliphatic rings. The first-order chi connectivity index (χ1) is 15.2. The molecule has 2 aromatic rings. The van der Waals surface area contributed by atoms with E-state index in [1.165, 1.54) is 0 Å². The van der Waals surface area contributed by atoms with E-state index in [1.807, 2.05) is 82.2 Å². The molecule has 0 bridgehead atoms. The van der Waals surface area contributed by atoms with E-state index in [0.29, 0.717) is 30.9 Å². The van der Waals surface area contributed by atoms with Crippen LogP contribution < -0.4 is 4.74 Å². The van der Waals surface area contributed by atoms with Crippen LogP contribution in [0.15, 0.2) is 48.0 Å². The van der Waals surface area contributed by atoms with Gasteiger partial charge in [0.2, 0.25) is 0 Å². The van der Waals surface area contributed by atoms with E-state index in [9.17, 15) is 14.7 Å². The van der Waals surface area contributed by atoms with Crippen LogP contribution >= 0.6 is 0 Å². The largest absolute Gasteiger partial charge is 0.507 e. The van der Waals surface area contributed by atoms with Gasteiger partial charge in [-0.05, 0) is 77.2 Å². The van der Waals surface area contributed by atoms with Crippen molar-refractivity contribution < 1.29 is 19.4 Å². The van der Waals surface area contributed by atoms with Gasteiger partial charge in [0.25, 0.3) is 11.7 Å². The predicted octanol–water partition coefficient (Wildman–Crippen LogP) is 4.08. The minimum Gasteiger partial charge on any atom is -0.507 e. The van der Waals surface area contributed by atoms with Gasteiger partial charge in [-0.2, -0.15) is 0 Å². The summed E-state index contributed by atoms with van der Waals surface area (Å²) in [5, 5.41) is 11.3. The highest BCUT2D eigenvalue weighted by Gasteiger charge is 2.46. The number of aliphatic hydroxyl groups excluding tert-OH is 1. The summed E-state index contributed by atoms with van der Waals surface area (Å²) in [5.74, 6) is -0.704. The van der Waals surface area contributed by atoms with Crippen LogP contribution in [0.1, 0.15) is 41.6 Å². The van der Waals surface area contributed by atoms with Gasteiger partial charge >= 0.3 is 0 Å². The minimum absolute atomic E-state index is 0.127. The van der Waals surface area contributed by atoms with Crippen LogP contribution in [0.2, 0.25) is 0 Å². The number of Topliss-reactive ketones (excluding diaryl/α,β-unsaturated/α-hetero) is 1. The first-order valence-electron chi connectivity index (χ1n) is 11.0. The molecule has 0 saturated carbocycles. The predicted molar refractivity (Wildman–Crippen MR) is 126 cm³/mol. The van der Waals surface area contributed by atoms with E-state index in [-0.39, 0.29) is 11.3 Å². The van der Waals surface area contributed by atoms with E-state index in [4.69, 9.17) is 4.74 Å². The monoisotopic (exact) mass is 436 g/mol. The molecule has 1 fully saturated rings. The van der Waals surface area contributed by atoms with Crippen LogP contribution in [0, 0.1) is 13.8 Å². The Hall–Kier alpha value is -3.12. The molecular weight excluding hydrogens is 404 g/mol. The smallest absolute Gasteiger partial charge is 0.295 e. The lowest BCUT2D eigenvalue weighted by atomic mass is 9.93. The summed E-state index contributed by atoms with van der Waals surface area (Å²) in [6.45, 7) is 7.42.